The molecule has 35 heavy (non-hydrogen) atoms. The van der Waals surface area contributed by atoms with Gasteiger partial charge < -0.3 is 20.1 Å². The SMILES string of the molecule is CCOc1cc2c(cc1OC)C[C@@H]([C@@H](CS(C)(=O)=O)N1C(=O)c3cccc(NC(C)=O)c3C1=O)N2. The molecule has 0 saturated heterocycles. The highest BCUT2D eigenvalue weighted by Gasteiger charge is 2.46. The standard InChI is InChI=1S/C24H27N3O7S/c1-5-34-21-11-17-14(10-20(21)33-3)9-18(26-17)19(12-35(4,31)32)27-23(29)15-7-6-8-16(25-13(2)28)22(15)24(27)30/h6-8,10-11,18-19,26H,5,9,12H2,1-4H3,(H,25,28)/t18-,19+/m0/s1. The molecule has 2 aromatic carbocycles. The summed E-state index contributed by atoms with van der Waals surface area (Å²) in [4.78, 5) is 39.5. The molecule has 3 amide bonds. The number of ether oxygens (including phenoxy) is 2. The van der Waals surface area contributed by atoms with Crippen LogP contribution in [0.3, 0.4) is 0 Å². The molecule has 0 aromatic heterocycles. The molecule has 0 bridgehead atoms. The van der Waals surface area contributed by atoms with Crippen LogP contribution >= 0.6 is 0 Å². The van der Waals surface area contributed by atoms with Crippen LogP contribution in [0.4, 0.5) is 11.4 Å². The molecule has 0 saturated carbocycles. The second-order valence-electron chi connectivity index (χ2n) is 8.60. The Hall–Kier alpha value is -3.60. The van der Waals surface area contributed by atoms with Crippen molar-refractivity contribution in [2.45, 2.75) is 32.4 Å². The van der Waals surface area contributed by atoms with Gasteiger partial charge in [-0.1, -0.05) is 6.07 Å². The fraction of sp³-hybridized carbons (Fsp3) is 0.375. The summed E-state index contributed by atoms with van der Waals surface area (Å²) in [6, 6.07) is 6.62. The smallest absolute Gasteiger partial charge is 0.264 e. The number of methoxy groups -OCH3 is 1. The van der Waals surface area contributed by atoms with Crippen molar-refractivity contribution in [1.29, 1.82) is 0 Å². The fourth-order valence-electron chi connectivity index (χ4n) is 4.63. The number of amides is 3. The van der Waals surface area contributed by atoms with E-state index in [1.54, 1.807) is 12.1 Å². The van der Waals surface area contributed by atoms with E-state index in [0.717, 1.165) is 16.7 Å². The number of benzene rings is 2. The molecule has 186 valence electrons. The van der Waals surface area contributed by atoms with Crippen molar-refractivity contribution >= 4 is 38.9 Å². The third-order valence-corrected chi connectivity index (χ3v) is 6.94. The molecule has 11 heteroatoms. The molecule has 2 atom stereocenters. The molecule has 4 rings (SSSR count). The van der Waals surface area contributed by atoms with E-state index in [-0.39, 0.29) is 16.8 Å². The van der Waals surface area contributed by atoms with E-state index in [9.17, 15) is 22.8 Å². The first-order valence-corrected chi connectivity index (χ1v) is 13.2. The number of imide groups is 1. The number of anilines is 2. The van der Waals surface area contributed by atoms with Gasteiger partial charge in [0.05, 0.1) is 48.4 Å². The van der Waals surface area contributed by atoms with Crippen molar-refractivity contribution in [2.75, 3.05) is 36.4 Å². The van der Waals surface area contributed by atoms with Crippen LogP contribution in [0.15, 0.2) is 30.3 Å². The van der Waals surface area contributed by atoms with Crippen LogP contribution in [0.2, 0.25) is 0 Å². The highest BCUT2D eigenvalue weighted by Crippen LogP contribution is 2.40. The molecular weight excluding hydrogens is 474 g/mol. The summed E-state index contributed by atoms with van der Waals surface area (Å²) in [6.45, 7) is 3.58. The lowest BCUT2D eigenvalue weighted by molar-refractivity contribution is -0.114. The summed E-state index contributed by atoms with van der Waals surface area (Å²) in [5.41, 5.74) is 1.96. The Balaban J connectivity index is 1.72. The third kappa shape index (κ3) is 4.68. The number of carbonyl (C=O) groups excluding carboxylic acids is 3. The maximum Gasteiger partial charge on any atom is 0.264 e. The zero-order valence-electron chi connectivity index (χ0n) is 19.9. The minimum absolute atomic E-state index is 0.0574. The van der Waals surface area contributed by atoms with Crippen LogP contribution in [0.1, 0.15) is 40.1 Å². The van der Waals surface area contributed by atoms with Crippen molar-refractivity contribution in [2.24, 2.45) is 0 Å². The van der Waals surface area contributed by atoms with Gasteiger partial charge in [-0.3, -0.25) is 19.3 Å². The number of carbonyl (C=O) groups is 3. The Kier molecular flexibility index (Phi) is 6.46. The quantitative estimate of drug-likeness (QED) is 0.526. The van der Waals surface area contributed by atoms with E-state index in [1.807, 2.05) is 13.0 Å². The van der Waals surface area contributed by atoms with E-state index in [2.05, 4.69) is 10.6 Å². The number of nitrogens with zero attached hydrogens (tertiary/aromatic N) is 1. The van der Waals surface area contributed by atoms with Crippen molar-refractivity contribution < 1.29 is 32.3 Å². The van der Waals surface area contributed by atoms with E-state index < -0.39 is 45.4 Å². The molecule has 0 fully saturated rings. The largest absolute Gasteiger partial charge is 0.493 e. The Morgan fingerprint density at radius 3 is 2.60 bits per heavy atom. The van der Waals surface area contributed by atoms with Gasteiger partial charge in [0.25, 0.3) is 11.8 Å². The third-order valence-electron chi connectivity index (χ3n) is 6.00. The van der Waals surface area contributed by atoms with Crippen molar-refractivity contribution in [3.05, 3.63) is 47.0 Å². The molecule has 0 radical (unpaired) electrons. The first kappa shape index (κ1) is 24.5. The monoisotopic (exact) mass is 501 g/mol. The van der Waals surface area contributed by atoms with Crippen molar-refractivity contribution in [3.8, 4) is 11.5 Å². The summed E-state index contributed by atoms with van der Waals surface area (Å²) in [5.74, 6) is -0.994. The maximum atomic E-state index is 13.5. The fourth-order valence-corrected chi connectivity index (χ4v) is 5.63. The minimum Gasteiger partial charge on any atom is -0.493 e. The number of fused-ring (bicyclic) bond motifs is 2. The zero-order valence-corrected chi connectivity index (χ0v) is 20.7. The molecule has 0 unspecified atom stereocenters. The Bertz CT molecular complexity index is 1320. The predicted octanol–water partition coefficient (Wildman–Crippen LogP) is 2.10. The average Bonchev–Trinajstić information content (AvgIpc) is 3.30. The molecule has 0 aliphatic carbocycles. The number of hydrogen-bond donors (Lipinski definition) is 2. The maximum absolute atomic E-state index is 13.5. The summed E-state index contributed by atoms with van der Waals surface area (Å²) in [6.07, 6.45) is 1.43. The molecule has 2 aliphatic rings. The molecule has 2 N–H and O–H groups in total. The molecular formula is C24H27N3O7S. The van der Waals surface area contributed by atoms with Crippen molar-refractivity contribution in [1.82, 2.24) is 4.90 Å². The van der Waals surface area contributed by atoms with Crippen LogP contribution < -0.4 is 20.1 Å². The summed E-state index contributed by atoms with van der Waals surface area (Å²) in [7, 11) is -2.05. The van der Waals surface area contributed by atoms with Gasteiger partial charge in [-0.05, 0) is 37.1 Å². The molecule has 2 aromatic rings. The Morgan fingerprint density at radius 2 is 1.97 bits per heavy atom. The van der Waals surface area contributed by atoms with Gasteiger partial charge in [0.1, 0.15) is 9.84 Å². The van der Waals surface area contributed by atoms with Gasteiger partial charge in [0.2, 0.25) is 5.91 Å². The van der Waals surface area contributed by atoms with Gasteiger partial charge in [-0.15, -0.1) is 0 Å². The van der Waals surface area contributed by atoms with E-state index in [0.29, 0.717) is 30.2 Å². The second kappa shape index (κ2) is 9.21. The van der Waals surface area contributed by atoms with E-state index >= 15 is 0 Å². The first-order chi connectivity index (χ1) is 16.5. The normalized spacial score (nSPS) is 17.5. The summed E-state index contributed by atoms with van der Waals surface area (Å²) in [5, 5.41) is 5.86. The van der Waals surface area contributed by atoms with Crippen molar-refractivity contribution in [3.63, 3.8) is 0 Å². The predicted molar refractivity (Wildman–Crippen MR) is 130 cm³/mol. The van der Waals surface area contributed by atoms with Gasteiger partial charge in [-0.2, -0.15) is 0 Å². The van der Waals surface area contributed by atoms with Gasteiger partial charge >= 0.3 is 0 Å². The van der Waals surface area contributed by atoms with Crippen LogP contribution in [0, 0.1) is 0 Å². The molecule has 0 spiro atoms. The highest BCUT2D eigenvalue weighted by molar-refractivity contribution is 7.90. The average molecular weight is 502 g/mol. The number of rotatable bonds is 8. The van der Waals surface area contributed by atoms with E-state index in [1.165, 1.54) is 26.2 Å². The summed E-state index contributed by atoms with van der Waals surface area (Å²) < 4.78 is 35.8. The first-order valence-electron chi connectivity index (χ1n) is 11.1. The topological polar surface area (TPSA) is 131 Å². The van der Waals surface area contributed by atoms with Gasteiger partial charge in [-0.25, -0.2) is 8.42 Å². The minimum atomic E-state index is -3.58. The molecule has 10 nitrogen and oxygen atoms in total. The molecule has 2 heterocycles. The lowest BCUT2D eigenvalue weighted by Crippen LogP contribution is -2.52. The van der Waals surface area contributed by atoms with Crippen LogP contribution in [0.5, 0.6) is 11.5 Å². The van der Waals surface area contributed by atoms with Crippen LogP contribution in [0.25, 0.3) is 0 Å². The highest BCUT2D eigenvalue weighted by atomic mass is 32.2. The zero-order chi connectivity index (χ0) is 25.5. The molecule has 2 aliphatic heterocycles. The lowest BCUT2D eigenvalue weighted by Gasteiger charge is -2.31. The van der Waals surface area contributed by atoms with Crippen LogP contribution in [-0.4, -0.2) is 68.8 Å². The number of sulfone groups is 1. The summed E-state index contributed by atoms with van der Waals surface area (Å²) >= 11 is 0. The van der Waals surface area contributed by atoms with Gasteiger partial charge in [0.15, 0.2) is 11.5 Å². The second-order valence-corrected chi connectivity index (χ2v) is 10.8. The number of hydrogen-bond acceptors (Lipinski definition) is 8. The van der Waals surface area contributed by atoms with Crippen LogP contribution in [-0.2, 0) is 21.1 Å². The lowest BCUT2D eigenvalue weighted by atomic mass is 10.0. The van der Waals surface area contributed by atoms with E-state index in [4.69, 9.17) is 9.47 Å². The van der Waals surface area contributed by atoms with Gasteiger partial charge in [0, 0.05) is 24.9 Å². The Labute approximate surface area is 203 Å². The number of nitrogens with one attached hydrogen (secondary N) is 2. The Morgan fingerprint density at radius 1 is 1.23 bits per heavy atom.